The van der Waals surface area contributed by atoms with Gasteiger partial charge in [0.05, 0.1) is 0 Å². The molecule has 0 bridgehead atoms. The summed E-state index contributed by atoms with van der Waals surface area (Å²) in [7, 11) is -3.37. The highest BCUT2D eigenvalue weighted by Gasteiger charge is 2.29. The molecule has 2 rings (SSSR count). The Morgan fingerprint density at radius 2 is 2.10 bits per heavy atom. The minimum absolute atomic E-state index is 0.0961. The van der Waals surface area contributed by atoms with Crippen molar-refractivity contribution in [2.24, 2.45) is 11.7 Å². The maximum Gasteiger partial charge on any atom is 0.250 e. The monoisotopic (exact) mass is 316 g/mol. The van der Waals surface area contributed by atoms with Crippen LogP contribution in [0.15, 0.2) is 16.3 Å². The van der Waals surface area contributed by atoms with Gasteiger partial charge in [0.15, 0.2) is 0 Å². The van der Waals surface area contributed by atoms with Gasteiger partial charge in [-0.1, -0.05) is 26.2 Å². The summed E-state index contributed by atoms with van der Waals surface area (Å²) < 4.78 is 28.2. The molecule has 6 heteroatoms. The number of hydrogen-bond acceptors (Lipinski definition) is 4. The Bertz CT molecular complexity index is 525. The number of nitrogens with one attached hydrogen (secondary N) is 1. The van der Waals surface area contributed by atoms with E-state index in [9.17, 15) is 8.42 Å². The van der Waals surface area contributed by atoms with E-state index < -0.39 is 10.0 Å². The second-order valence-corrected chi connectivity index (χ2v) is 8.55. The van der Waals surface area contributed by atoms with E-state index in [2.05, 4.69) is 11.6 Å². The Balaban J connectivity index is 2.09. The van der Waals surface area contributed by atoms with Gasteiger partial charge in [-0.3, -0.25) is 0 Å². The molecule has 114 valence electrons. The molecule has 3 N–H and O–H groups in total. The molecule has 1 aliphatic carbocycles. The van der Waals surface area contributed by atoms with Crippen LogP contribution in [0.3, 0.4) is 0 Å². The molecule has 0 radical (unpaired) electrons. The van der Waals surface area contributed by atoms with Gasteiger partial charge in [-0.25, -0.2) is 13.1 Å². The molecule has 20 heavy (non-hydrogen) atoms. The molecule has 1 heterocycles. The molecule has 4 nitrogen and oxygen atoms in total. The average Bonchev–Trinajstić information content (AvgIpc) is 2.89. The normalized spacial score (nSPS) is 23.9. The maximum absolute atomic E-state index is 12.4. The van der Waals surface area contributed by atoms with Crippen molar-refractivity contribution in [1.29, 1.82) is 0 Å². The van der Waals surface area contributed by atoms with Gasteiger partial charge < -0.3 is 5.73 Å². The lowest BCUT2D eigenvalue weighted by atomic mass is 9.83. The molecular formula is C14H24N2O2S2. The topological polar surface area (TPSA) is 72.2 Å². The number of hydrogen-bond donors (Lipinski definition) is 2. The quantitative estimate of drug-likeness (QED) is 0.847. The smallest absolute Gasteiger partial charge is 0.250 e. The fourth-order valence-electron chi connectivity index (χ4n) is 2.89. The second-order valence-electron chi connectivity index (χ2n) is 5.44. The van der Waals surface area contributed by atoms with Crippen LogP contribution in [0.4, 0.5) is 0 Å². The molecular weight excluding hydrogens is 292 g/mol. The van der Waals surface area contributed by atoms with Crippen molar-refractivity contribution in [3.05, 3.63) is 17.0 Å². The van der Waals surface area contributed by atoms with Crippen molar-refractivity contribution in [3.8, 4) is 0 Å². The Labute approximate surface area is 125 Å². The van der Waals surface area contributed by atoms with E-state index in [1.165, 1.54) is 17.8 Å². The molecule has 2 atom stereocenters. The van der Waals surface area contributed by atoms with Crippen molar-refractivity contribution in [2.45, 2.75) is 55.7 Å². The van der Waals surface area contributed by atoms with E-state index in [4.69, 9.17) is 5.73 Å². The van der Waals surface area contributed by atoms with Crippen LogP contribution >= 0.6 is 11.3 Å². The third-order valence-corrected chi connectivity index (χ3v) is 7.16. The predicted molar refractivity (Wildman–Crippen MR) is 83.4 cm³/mol. The summed E-state index contributed by atoms with van der Waals surface area (Å²) in [6, 6.07) is 3.66. The highest BCUT2D eigenvalue weighted by Crippen LogP contribution is 2.29. The largest absolute Gasteiger partial charge is 0.330 e. The van der Waals surface area contributed by atoms with Crippen molar-refractivity contribution < 1.29 is 8.42 Å². The predicted octanol–water partition coefficient (Wildman–Crippen LogP) is 2.50. The summed E-state index contributed by atoms with van der Waals surface area (Å²) in [6.45, 7) is 2.69. The third-order valence-electron chi connectivity index (χ3n) is 4.03. The molecule has 0 saturated heterocycles. The maximum atomic E-state index is 12.4. The summed E-state index contributed by atoms with van der Waals surface area (Å²) in [6.07, 6.45) is 6.20. The van der Waals surface area contributed by atoms with Crippen molar-refractivity contribution in [1.82, 2.24) is 4.72 Å². The number of thiophene rings is 1. The molecule has 1 saturated carbocycles. The van der Waals surface area contributed by atoms with Crippen LogP contribution in [0.2, 0.25) is 0 Å². The first-order chi connectivity index (χ1) is 9.56. The molecule has 0 amide bonds. The van der Waals surface area contributed by atoms with Crippen LogP contribution in [-0.4, -0.2) is 21.0 Å². The van der Waals surface area contributed by atoms with Crippen molar-refractivity contribution in [2.75, 3.05) is 6.54 Å². The highest BCUT2D eigenvalue weighted by molar-refractivity contribution is 7.91. The molecule has 1 aliphatic rings. The van der Waals surface area contributed by atoms with Crippen LogP contribution in [0.25, 0.3) is 0 Å². The van der Waals surface area contributed by atoms with E-state index in [-0.39, 0.29) is 6.04 Å². The van der Waals surface area contributed by atoms with Gasteiger partial charge in [0.2, 0.25) is 10.0 Å². The fourth-order valence-corrected chi connectivity index (χ4v) is 5.62. The van der Waals surface area contributed by atoms with E-state index >= 15 is 0 Å². The summed E-state index contributed by atoms with van der Waals surface area (Å²) in [5.41, 5.74) is 5.51. The van der Waals surface area contributed by atoms with Crippen molar-refractivity contribution in [3.63, 3.8) is 0 Å². The lowest BCUT2D eigenvalue weighted by Crippen LogP contribution is -2.41. The van der Waals surface area contributed by atoms with Crippen LogP contribution in [0.5, 0.6) is 0 Å². The Hall–Kier alpha value is -0.430. The standard InChI is InChI=1S/C14H24N2O2S2/c1-2-11-5-3-4-6-13(11)16-20(17,18)14-8-7-12(19-14)9-10-15/h7-8,11,13,16H,2-6,9-10,15H2,1H3. The Morgan fingerprint density at radius 1 is 1.35 bits per heavy atom. The number of nitrogens with two attached hydrogens (primary N) is 1. The minimum Gasteiger partial charge on any atom is -0.330 e. The van der Waals surface area contributed by atoms with Gasteiger partial charge in [0, 0.05) is 10.9 Å². The van der Waals surface area contributed by atoms with E-state index in [1.807, 2.05) is 6.07 Å². The molecule has 1 aromatic rings. The van der Waals surface area contributed by atoms with Gasteiger partial charge in [-0.05, 0) is 43.9 Å². The van der Waals surface area contributed by atoms with Crippen LogP contribution in [0.1, 0.15) is 43.9 Å². The third kappa shape index (κ3) is 3.81. The summed E-state index contributed by atoms with van der Waals surface area (Å²) in [5, 5.41) is 0. The van der Waals surface area contributed by atoms with Gasteiger partial charge in [0.1, 0.15) is 4.21 Å². The van der Waals surface area contributed by atoms with Crippen molar-refractivity contribution >= 4 is 21.4 Å². The SMILES string of the molecule is CCC1CCCCC1NS(=O)(=O)c1ccc(CCN)s1. The average molecular weight is 316 g/mol. The van der Waals surface area contributed by atoms with Gasteiger partial charge in [-0.15, -0.1) is 11.3 Å². The molecule has 2 unspecified atom stereocenters. The van der Waals surface area contributed by atoms with Crippen LogP contribution < -0.4 is 10.5 Å². The minimum atomic E-state index is -3.37. The van der Waals surface area contributed by atoms with Crippen LogP contribution in [0, 0.1) is 5.92 Å². The van der Waals surface area contributed by atoms with E-state index in [0.29, 0.717) is 16.7 Å². The first-order valence-electron chi connectivity index (χ1n) is 7.38. The molecule has 0 aliphatic heterocycles. The van der Waals surface area contributed by atoms with E-state index in [0.717, 1.165) is 37.0 Å². The molecule has 0 aromatic carbocycles. The summed E-state index contributed by atoms with van der Waals surface area (Å²) in [4.78, 5) is 1.03. The molecule has 1 aromatic heterocycles. The first-order valence-corrected chi connectivity index (χ1v) is 9.68. The zero-order valence-electron chi connectivity index (χ0n) is 12.0. The summed E-state index contributed by atoms with van der Waals surface area (Å²) in [5.74, 6) is 0.474. The Morgan fingerprint density at radius 3 is 2.80 bits per heavy atom. The van der Waals surface area contributed by atoms with Gasteiger partial charge in [0.25, 0.3) is 0 Å². The van der Waals surface area contributed by atoms with Crippen LogP contribution in [-0.2, 0) is 16.4 Å². The first kappa shape index (κ1) is 15.9. The highest BCUT2D eigenvalue weighted by atomic mass is 32.2. The lowest BCUT2D eigenvalue weighted by molar-refractivity contribution is 0.282. The van der Waals surface area contributed by atoms with Gasteiger partial charge >= 0.3 is 0 Å². The second kappa shape index (κ2) is 7.02. The fraction of sp³-hybridized carbons (Fsp3) is 0.714. The zero-order chi connectivity index (χ0) is 14.6. The number of sulfonamides is 1. The summed E-state index contributed by atoms with van der Waals surface area (Å²) >= 11 is 1.33. The zero-order valence-corrected chi connectivity index (χ0v) is 13.6. The number of rotatable bonds is 6. The van der Waals surface area contributed by atoms with E-state index in [1.54, 1.807) is 6.07 Å². The Kier molecular flexibility index (Phi) is 5.60. The molecule has 0 spiro atoms. The molecule has 1 fully saturated rings. The van der Waals surface area contributed by atoms with Gasteiger partial charge in [-0.2, -0.15) is 0 Å². The lowest BCUT2D eigenvalue weighted by Gasteiger charge is -2.31.